The van der Waals surface area contributed by atoms with E-state index in [1.165, 1.54) is 23.5 Å². The van der Waals surface area contributed by atoms with E-state index in [1.54, 1.807) is 6.07 Å². The highest BCUT2D eigenvalue weighted by atomic mass is 35.5. The maximum absolute atomic E-state index is 12.6. The third-order valence-corrected chi connectivity index (χ3v) is 5.41. The minimum Gasteiger partial charge on any atom is -0.398 e. The van der Waals surface area contributed by atoms with Crippen molar-refractivity contribution in [1.82, 2.24) is 4.31 Å². The topological polar surface area (TPSA) is 63.4 Å². The monoisotopic (exact) mass is 324 g/mol. The normalized spacial score (nSPS) is 11.8. The Morgan fingerprint density at radius 2 is 1.86 bits per heavy atom. The summed E-state index contributed by atoms with van der Waals surface area (Å²) in [5.74, 6) is 0. The molecular formula is C15H17ClN2O2S. The molecule has 2 N–H and O–H groups in total. The number of nitrogen functional groups attached to an aromatic ring is 1. The third kappa shape index (κ3) is 3.37. The van der Waals surface area contributed by atoms with Crippen molar-refractivity contribution in [3.63, 3.8) is 0 Å². The van der Waals surface area contributed by atoms with Crippen LogP contribution in [0.15, 0.2) is 47.4 Å². The van der Waals surface area contributed by atoms with E-state index in [1.807, 2.05) is 31.2 Å². The van der Waals surface area contributed by atoms with Crippen LogP contribution in [0.25, 0.3) is 0 Å². The van der Waals surface area contributed by atoms with Gasteiger partial charge in [0.05, 0.1) is 5.69 Å². The molecule has 0 spiro atoms. The van der Waals surface area contributed by atoms with Crippen molar-refractivity contribution in [3.8, 4) is 0 Å². The van der Waals surface area contributed by atoms with E-state index >= 15 is 0 Å². The van der Waals surface area contributed by atoms with E-state index in [0.29, 0.717) is 5.02 Å². The number of anilines is 1. The van der Waals surface area contributed by atoms with Crippen LogP contribution >= 0.6 is 11.6 Å². The SMILES string of the molecule is Cc1ccccc1CN(C)S(=O)(=O)c1cc(Cl)ccc1N. The first kappa shape index (κ1) is 15.8. The molecule has 0 saturated heterocycles. The molecule has 21 heavy (non-hydrogen) atoms. The van der Waals surface area contributed by atoms with E-state index in [-0.39, 0.29) is 17.1 Å². The van der Waals surface area contributed by atoms with Crippen LogP contribution in [0.1, 0.15) is 11.1 Å². The van der Waals surface area contributed by atoms with Gasteiger partial charge in [0.25, 0.3) is 0 Å². The second-order valence-electron chi connectivity index (χ2n) is 4.87. The van der Waals surface area contributed by atoms with Gasteiger partial charge < -0.3 is 5.73 Å². The first-order valence-corrected chi connectivity index (χ1v) is 8.20. The van der Waals surface area contributed by atoms with Crippen molar-refractivity contribution >= 4 is 27.3 Å². The Labute approximate surface area is 130 Å². The number of sulfonamides is 1. The molecule has 0 bridgehead atoms. The molecule has 112 valence electrons. The molecule has 0 amide bonds. The van der Waals surface area contributed by atoms with Gasteiger partial charge >= 0.3 is 0 Å². The van der Waals surface area contributed by atoms with Crippen LogP contribution in [0.4, 0.5) is 5.69 Å². The van der Waals surface area contributed by atoms with Crippen molar-refractivity contribution < 1.29 is 8.42 Å². The van der Waals surface area contributed by atoms with Crippen LogP contribution in [0, 0.1) is 6.92 Å². The average molecular weight is 325 g/mol. The zero-order valence-electron chi connectivity index (χ0n) is 11.9. The Kier molecular flexibility index (Phi) is 4.56. The van der Waals surface area contributed by atoms with Crippen LogP contribution in [0.3, 0.4) is 0 Å². The van der Waals surface area contributed by atoms with Gasteiger partial charge in [-0.25, -0.2) is 8.42 Å². The van der Waals surface area contributed by atoms with Crippen LogP contribution in [-0.2, 0) is 16.6 Å². The Morgan fingerprint density at radius 1 is 1.19 bits per heavy atom. The molecule has 0 aliphatic carbocycles. The van der Waals surface area contributed by atoms with Gasteiger partial charge in [0, 0.05) is 18.6 Å². The number of benzene rings is 2. The molecule has 4 nitrogen and oxygen atoms in total. The fourth-order valence-electron chi connectivity index (χ4n) is 2.01. The van der Waals surface area contributed by atoms with Crippen molar-refractivity contribution in [2.24, 2.45) is 0 Å². The molecule has 0 radical (unpaired) electrons. The lowest BCUT2D eigenvalue weighted by atomic mass is 10.1. The molecule has 0 unspecified atom stereocenters. The van der Waals surface area contributed by atoms with Crippen LogP contribution in [0.5, 0.6) is 0 Å². The van der Waals surface area contributed by atoms with Gasteiger partial charge in [-0.1, -0.05) is 35.9 Å². The van der Waals surface area contributed by atoms with E-state index < -0.39 is 10.0 Å². The molecule has 6 heteroatoms. The molecule has 0 aliphatic rings. The molecular weight excluding hydrogens is 308 g/mol. The van der Waals surface area contributed by atoms with Gasteiger partial charge in [-0.3, -0.25) is 0 Å². The van der Waals surface area contributed by atoms with Crippen LogP contribution in [-0.4, -0.2) is 19.8 Å². The molecule has 0 aliphatic heterocycles. The van der Waals surface area contributed by atoms with Gasteiger partial charge in [0.1, 0.15) is 4.90 Å². The molecule has 0 heterocycles. The van der Waals surface area contributed by atoms with Crippen molar-refractivity contribution in [2.75, 3.05) is 12.8 Å². The highest BCUT2D eigenvalue weighted by Crippen LogP contribution is 2.26. The highest BCUT2D eigenvalue weighted by molar-refractivity contribution is 7.89. The minimum atomic E-state index is -3.68. The summed E-state index contributed by atoms with van der Waals surface area (Å²) < 4.78 is 26.5. The lowest BCUT2D eigenvalue weighted by Gasteiger charge is -2.19. The first-order valence-electron chi connectivity index (χ1n) is 6.38. The average Bonchev–Trinajstić information content (AvgIpc) is 2.43. The van der Waals surface area contributed by atoms with Gasteiger partial charge in [0.2, 0.25) is 10.0 Å². The number of nitrogens with two attached hydrogens (primary N) is 1. The number of nitrogens with zero attached hydrogens (tertiary/aromatic N) is 1. The maximum Gasteiger partial charge on any atom is 0.245 e. The summed E-state index contributed by atoms with van der Waals surface area (Å²) in [5.41, 5.74) is 7.95. The van der Waals surface area contributed by atoms with Gasteiger partial charge in [0.15, 0.2) is 0 Å². The summed E-state index contributed by atoms with van der Waals surface area (Å²) in [4.78, 5) is 0.0334. The van der Waals surface area contributed by atoms with Crippen LogP contribution in [0.2, 0.25) is 5.02 Å². The van der Waals surface area contributed by atoms with E-state index in [4.69, 9.17) is 17.3 Å². The Morgan fingerprint density at radius 3 is 2.52 bits per heavy atom. The Balaban J connectivity index is 2.35. The van der Waals surface area contributed by atoms with E-state index in [9.17, 15) is 8.42 Å². The van der Waals surface area contributed by atoms with Crippen molar-refractivity contribution in [1.29, 1.82) is 0 Å². The first-order chi connectivity index (χ1) is 9.82. The van der Waals surface area contributed by atoms with Gasteiger partial charge in [-0.05, 0) is 36.2 Å². The fraction of sp³-hybridized carbons (Fsp3) is 0.200. The Bertz CT molecular complexity index is 760. The molecule has 2 aromatic rings. The predicted molar refractivity (Wildman–Crippen MR) is 85.7 cm³/mol. The second kappa shape index (κ2) is 6.05. The van der Waals surface area contributed by atoms with Gasteiger partial charge in [-0.2, -0.15) is 4.31 Å². The molecule has 0 atom stereocenters. The zero-order chi connectivity index (χ0) is 15.6. The summed E-state index contributed by atoms with van der Waals surface area (Å²) in [5, 5.41) is 0.340. The minimum absolute atomic E-state index is 0.0334. The maximum atomic E-state index is 12.6. The number of halogens is 1. The largest absolute Gasteiger partial charge is 0.398 e. The molecule has 2 aromatic carbocycles. The summed E-state index contributed by atoms with van der Waals surface area (Å²) in [7, 11) is -2.15. The second-order valence-corrected chi connectivity index (χ2v) is 7.32. The van der Waals surface area contributed by atoms with Crippen molar-refractivity contribution in [3.05, 3.63) is 58.6 Å². The third-order valence-electron chi connectivity index (χ3n) is 3.32. The molecule has 0 aromatic heterocycles. The summed E-state index contributed by atoms with van der Waals surface area (Å²) in [6.07, 6.45) is 0. The summed E-state index contributed by atoms with van der Waals surface area (Å²) in [6, 6.07) is 12.1. The smallest absolute Gasteiger partial charge is 0.245 e. The van der Waals surface area contributed by atoms with Gasteiger partial charge in [-0.15, -0.1) is 0 Å². The lowest BCUT2D eigenvalue weighted by Crippen LogP contribution is -2.27. The summed E-state index contributed by atoms with van der Waals surface area (Å²) in [6.45, 7) is 2.23. The predicted octanol–water partition coefficient (Wildman–Crippen LogP) is 3.05. The Hall–Kier alpha value is -1.56. The molecule has 2 rings (SSSR count). The standard InChI is InChI=1S/C15H17ClN2O2S/c1-11-5-3-4-6-12(11)10-18(2)21(19,20)15-9-13(16)7-8-14(15)17/h3-9H,10,17H2,1-2H3. The van der Waals surface area contributed by atoms with Crippen LogP contribution < -0.4 is 5.73 Å². The zero-order valence-corrected chi connectivity index (χ0v) is 13.4. The number of hydrogen-bond donors (Lipinski definition) is 1. The van der Waals surface area contributed by atoms with E-state index in [2.05, 4.69) is 0 Å². The quantitative estimate of drug-likeness (QED) is 0.879. The van der Waals surface area contributed by atoms with Crippen molar-refractivity contribution in [2.45, 2.75) is 18.4 Å². The molecule has 0 fully saturated rings. The lowest BCUT2D eigenvalue weighted by molar-refractivity contribution is 0.466. The highest BCUT2D eigenvalue weighted by Gasteiger charge is 2.24. The fourth-order valence-corrected chi connectivity index (χ4v) is 3.54. The summed E-state index contributed by atoms with van der Waals surface area (Å²) >= 11 is 5.87. The number of aryl methyl sites for hydroxylation is 1. The van der Waals surface area contributed by atoms with E-state index in [0.717, 1.165) is 11.1 Å². The molecule has 0 saturated carbocycles. The number of hydrogen-bond acceptors (Lipinski definition) is 3. The number of rotatable bonds is 4.